The number of nitrogens with one attached hydrogen (secondary N) is 1. The highest BCUT2D eigenvalue weighted by atomic mass is 79.9. The van der Waals surface area contributed by atoms with Gasteiger partial charge < -0.3 is 10.2 Å². The third kappa shape index (κ3) is 2.46. The minimum Gasteiger partial charge on any atom is -0.344 e. The zero-order valence-electron chi connectivity index (χ0n) is 11.4. The molecule has 1 aliphatic heterocycles. The highest BCUT2D eigenvalue weighted by Crippen LogP contribution is 2.36. The molecule has 2 aliphatic rings. The third-order valence-corrected chi connectivity index (χ3v) is 5.00. The molecule has 2 amide bonds. The van der Waals surface area contributed by atoms with Crippen molar-refractivity contribution in [2.45, 2.75) is 32.2 Å². The van der Waals surface area contributed by atoms with Gasteiger partial charge >= 0.3 is 0 Å². The summed E-state index contributed by atoms with van der Waals surface area (Å²) in [6, 6.07) is 5.51. The Morgan fingerprint density at radius 3 is 2.75 bits per heavy atom. The zero-order valence-corrected chi connectivity index (χ0v) is 12.9. The van der Waals surface area contributed by atoms with Crippen molar-refractivity contribution in [2.24, 2.45) is 5.92 Å². The van der Waals surface area contributed by atoms with Gasteiger partial charge in [0, 0.05) is 17.4 Å². The van der Waals surface area contributed by atoms with Crippen molar-refractivity contribution in [3.63, 3.8) is 0 Å². The van der Waals surface area contributed by atoms with Crippen molar-refractivity contribution in [1.82, 2.24) is 5.32 Å². The number of carbonyl (C=O) groups excluding carboxylic acids is 2. The predicted molar refractivity (Wildman–Crippen MR) is 80.5 cm³/mol. The highest BCUT2D eigenvalue weighted by Gasteiger charge is 2.41. The number of rotatable bonds is 2. The predicted octanol–water partition coefficient (Wildman–Crippen LogP) is 2.39. The van der Waals surface area contributed by atoms with Gasteiger partial charge in [0.1, 0.15) is 6.04 Å². The lowest BCUT2D eigenvalue weighted by Gasteiger charge is -2.25. The van der Waals surface area contributed by atoms with Gasteiger partial charge in [-0.3, -0.25) is 9.59 Å². The number of hydrogen-bond acceptors (Lipinski definition) is 2. The number of nitrogens with zero attached hydrogens (tertiary/aromatic N) is 1. The van der Waals surface area contributed by atoms with Gasteiger partial charge in [0.2, 0.25) is 11.8 Å². The topological polar surface area (TPSA) is 49.4 Å². The van der Waals surface area contributed by atoms with Gasteiger partial charge in [-0.1, -0.05) is 12.1 Å². The molecule has 106 valence electrons. The minimum atomic E-state index is -0.350. The first kappa shape index (κ1) is 13.6. The van der Waals surface area contributed by atoms with Gasteiger partial charge in [0.05, 0.1) is 5.69 Å². The van der Waals surface area contributed by atoms with Crippen molar-refractivity contribution in [1.29, 1.82) is 0 Å². The summed E-state index contributed by atoms with van der Waals surface area (Å²) in [6.07, 6.45) is 2.41. The van der Waals surface area contributed by atoms with Crippen LogP contribution in [-0.2, 0) is 9.59 Å². The molecule has 1 heterocycles. The van der Waals surface area contributed by atoms with Crippen LogP contribution in [0, 0.1) is 12.8 Å². The number of carbonyl (C=O) groups is 2. The molecule has 0 spiro atoms. The number of halogens is 1. The molecule has 1 aromatic carbocycles. The molecule has 4 nitrogen and oxygen atoms in total. The molecule has 2 fully saturated rings. The van der Waals surface area contributed by atoms with Gasteiger partial charge in [-0.05, 0) is 53.2 Å². The molecular formula is C15H17BrN2O2. The number of anilines is 1. The lowest BCUT2D eigenvalue weighted by molar-refractivity contribution is -0.126. The lowest BCUT2D eigenvalue weighted by Crippen LogP contribution is -2.46. The summed E-state index contributed by atoms with van der Waals surface area (Å²) in [4.78, 5) is 26.3. The number of amides is 2. The molecular weight excluding hydrogens is 320 g/mol. The summed E-state index contributed by atoms with van der Waals surface area (Å²) in [5.41, 5.74) is 1.94. The second-order valence-electron chi connectivity index (χ2n) is 5.53. The fraction of sp³-hybridized carbons (Fsp3) is 0.467. The molecule has 1 saturated heterocycles. The van der Waals surface area contributed by atoms with E-state index >= 15 is 0 Å². The van der Waals surface area contributed by atoms with Crippen LogP contribution in [-0.4, -0.2) is 24.4 Å². The summed E-state index contributed by atoms with van der Waals surface area (Å²) in [5, 5.41) is 2.88. The first-order valence-electron chi connectivity index (χ1n) is 6.94. The Labute approximate surface area is 126 Å². The lowest BCUT2D eigenvalue weighted by atomic mass is 10.1. The SMILES string of the molecule is Cc1cccc(N2CCC(=O)NC(C3CC3)C2=O)c1Br. The quantitative estimate of drug-likeness (QED) is 0.901. The molecule has 1 unspecified atom stereocenters. The van der Waals surface area contributed by atoms with Crippen molar-refractivity contribution in [3.05, 3.63) is 28.2 Å². The molecule has 1 atom stereocenters. The van der Waals surface area contributed by atoms with E-state index in [1.54, 1.807) is 4.90 Å². The van der Waals surface area contributed by atoms with E-state index in [4.69, 9.17) is 0 Å². The van der Waals surface area contributed by atoms with Gasteiger partial charge in [-0.15, -0.1) is 0 Å². The average molecular weight is 337 g/mol. The van der Waals surface area contributed by atoms with E-state index in [0.717, 1.165) is 28.6 Å². The normalized spacial score (nSPS) is 23.5. The van der Waals surface area contributed by atoms with Gasteiger partial charge in [-0.25, -0.2) is 0 Å². The monoisotopic (exact) mass is 336 g/mol. The minimum absolute atomic E-state index is 0.0182. The second-order valence-corrected chi connectivity index (χ2v) is 6.32. The summed E-state index contributed by atoms with van der Waals surface area (Å²) < 4.78 is 0.928. The van der Waals surface area contributed by atoms with E-state index in [-0.39, 0.29) is 17.9 Å². The summed E-state index contributed by atoms with van der Waals surface area (Å²) >= 11 is 3.56. The Morgan fingerprint density at radius 2 is 2.05 bits per heavy atom. The van der Waals surface area contributed by atoms with Crippen LogP contribution >= 0.6 is 15.9 Å². The summed E-state index contributed by atoms with van der Waals surface area (Å²) in [6.45, 7) is 2.44. The Morgan fingerprint density at radius 1 is 1.30 bits per heavy atom. The van der Waals surface area contributed by atoms with E-state index < -0.39 is 0 Å². The molecule has 1 aromatic rings. The maximum absolute atomic E-state index is 12.7. The fourth-order valence-corrected chi connectivity index (χ4v) is 3.11. The molecule has 0 radical (unpaired) electrons. The average Bonchev–Trinajstić information content (AvgIpc) is 3.24. The third-order valence-electron chi connectivity index (χ3n) is 3.97. The first-order valence-corrected chi connectivity index (χ1v) is 7.73. The maximum Gasteiger partial charge on any atom is 0.249 e. The highest BCUT2D eigenvalue weighted by molar-refractivity contribution is 9.10. The van der Waals surface area contributed by atoms with Crippen LogP contribution in [0.25, 0.3) is 0 Å². The maximum atomic E-state index is 12.7. The first-order chi connectivity index (χ1) is 9.58. The molecule has 3 rings (SSSR count). The van der Waals surface area contributed by atoms with Gasteiger partial charge in [0.15, 0.2) is 0 Å². The standard InChI is InChI=1S/C15H17BrN2O2/c1-9-3-2-4-11(13(9)16)18-8-7-12(19)17-14(15(18)20)10-5-6-10/h2-4,10,14H,5-8H2,1H3,(H,17,19). The Balaban J connectivity index is 1.96. The van der Waals surface area contributed by atoms with Crippen LogP contribution in [0.4, 0.5) is 5.69 Å². The second kappa shape index (κ2) is 5.20. The summed E-state index contributed by atoms with van der Waals surface area (Å²) in [5.74, 6) is 0.307. The Hall–Kier alpha value is -1.36. The van der Waals surface area contributed by atoms with Crippen LogP contribution in [0.15, 0.2) is 22.7 Å². The molecule has 1 N–H and O–H groups in total. The van der Waals surface area contributed by atoms with Gasteiger partial charge in [-0.2, -0.15) is 0 Å². The van der Waals surface area contributed by atoms with Crippen LogP contribution < -0.4 is 10.2 Å². The Kier molecular flexibility index (Phi) is 3.54. The fourth-order valence-electron chi connectivity index (χ4n) is 2.63. The van der Waals surface area contributed by atoms with Crippen LogP contribution in [0.2, 0.25) is 0 Å². The van der Waals surface area contributed by atoms with Crippen molar-refractivity contribution < 1.29 is 9.59 Å². The van der Waals surface area contributed by atoms with Crippen molar-refractivity contribution in [3.8, 4) is 0 Å². The molecule has 20 heavy (non-hydrogen) atoms. The van der Waals surface area contributed by atoms with E-state index in [9.17, 15) is 9.59 Å². The number of benzene rings is 1. The molecule has 5 heteroatoms. The zero-order chi connectivity index (χ0) is 14.3. The van der Waals surface area contributed by atoms with Crippen LogP contribution in [0.5, 0.6) is 0 Å². The molecule has 1 saturated carbocycles. The smallest absolute Gasteiger partial charge is 0.249 e. The Bertz CT molecular complexity index is 569. The summed E-state index contributed by atoms with van der Waals surface area (Å²) in [7, 11) is 0. The van der Waals surface area contributed by atoms with Crippen LogP contribution in [0.3, 0.4) is 0 Å². The van der Waals surface area contributed by atoms with E-state index in [2.05, 4.69) is 21.2 Å². The van der Waals surface area contributed by atoms with E-state index in [1.165, 1.54) is 0 Å². The number of aryl methyl sites for hydroxylation is 1. The largest absolute Gasteiger partial charge is 0.344 e. The van der Waals surface area contributed by atoms with Gasteiger partial charge in [0.25, 0.3) is 0 Å². The van der Waals surface area contributed by atoms with E-state index in [0.29, 0.717) is 18.9 Å². The molecule has 0 bridgehead atoms. The molecule has 0 aromatic heterocycles. The van der Waals surface area contributed by atoms with Crippen molar-refractivity contribution >= 4 is 33.4 Å². The van der Waals surface area contributed by atoms with Crippen LogP contribution in [0.1, 0.15) is 24.8 Å². The number of hydrogen-bond donors (Lipinski definition) is 1. The van der Waals surface area contributed by atoms with Crippen molar-refractivity contribution in [2.75, 3.05) is 11.4 Å². The molecule has 1 aliphatic carbocycles. The van der Waals surface area contributed by atoms with E-state index in [1.807, 2.05) is 25.1 Å².